The number of rotatable bonds is 8. The summed E-state index contributed by atoms with van der Waals surface area (Å²) in [6.07, 6.45) is 0. The van der Waals surface area contributed by atoms with E-state index >= 15 is 0 Å². The van der Waals surface area contributed by atoms with Crippen molar-refractivity contribution in [3.05, 3.63) is 53.6 Å². The fourth-order valence-electron chi connectivity index (χ4n) is 2.41. The van der Waals surface area contributed by atoms with Gasteiger partial charge in [0.15, 0.2) is 11.5 Å². The van der Waals surface area contributed by atoms with Crippen molar-refractivity contribution in [3.63, 3.8) is 0 Å². The fraction of sp³-hybridized carbons (Fsp3) is 0.350. The summed E-state index contributed by atoms with van der Waals surface area (Å²) in [6.45, 7) is 5.32. The van der Waals surface area contributed by atoms with Crippen molar-refractivity contribution >= 4 is 5.91 Å². The van der Waals surface area contributed by atoms with E-state index in [2.05, 4.69) is 0 Å². The van der Waals surface area contributed by atoms with E-state index in [1.54, 1.807) is 37.3 Å². The van der Waals surface area contributed by atoms with Crippen molar-refractivity contribution in [2.24, 2.45) is 0 Å². The zero-order valence-corrected chi connectivity index (χ0v) is 15.2. The molecule has 0 fully saturated rings. The van der Waals surface area contributed by atoms with Crippen LogP contribution in [0.3, 0.4) is 0 Å². The van der Waals surface area contributed by atoms with Gasteiger partial charge >= 0.3 is 0 Å². The molecule has 0 aliphatic rings. The zero-order valence-electron chi connectivity index (χ0n) is 15.2. The van der Waals surface area contributed by atoms with Crippen LogP contribution in [0.2, 0.25) is 0 Å². The molecule has 25 heavy (non-hydrogen) atoms. The molecule has 5 nitrogen and oxygen atoms in total. The average molecular weight is 343 g/mol. The number of nitrogens with zero attached hydrogens (tertiary/aromatic N) is 1. The predicted octanol–water partition coefficient (Wildman–Crippen LogP) is 3.55. The lowest BCUT2D eigenvalue weighted by Gasteiger charge is -2.19. The Morgan fingerprint density at radius 3 is 2.48 bits per heavy atom. The highest BCUT2D eigenvalue weighted by Crippen LogP contribution is 2.28. The third kappa shape index (κ3) is 4.89. The van der Waals surface area contributed by atoms with E-state index in [1.807, 2.05) is 38.1 Å². The lowest BCUT2D eigenvalue weighted by molar-refractivity contribution is 0.0773. The van der Waals surface area contributed by atoms with Gasteiger partial charge in [0.05, 0.1) is 20.3 Å². The van der Waals surface area contributed by atoms with Crippen molar-refractivity contribution in [2.75, 3.05) is 33.9 Å². The molecule has 134 valence electrons. The number of hydrogen-bond donors (Lipinski definition) is 0. The number of carbonyl (C=O) groups excluding carboxylic acids is 1. The first kappa shape index (κ1) is 18.6. The van der Waals surface area contributed by atoms with Gasteiger partial charge in [-0.25, -0.2) is 0 Å². The molecule has 0 aliphatic carbocycles. The lowest BCUT2D eigenvalue weighted by Crippen LogP contribution is -2.31. The molecule has 0 radical (unpaired) electrons. The molecule has 0 aromatic heterocycles. The maximum Gasteiger partial charge on any atom is 0.253 e. The highest BCUT2D eigenvalue weighted by atomic mass is 16.5. The summed E-state index contributed by atoms with van der Waals surface area (Å²) in [6, 6.07) is 13.0. The minimum Gasteiger partial charge on any atom is -0.493 e. The largest absolute Gasteiger partial charge is 0.493 e. The topological polar surface area (TPSA) is 48.0 Å². The maximum absolute atomic E-state index is 12.6. The summed E-state index contributed by atoms with van der Waals surface area (Å²) >= 11 is 0. The second-order valence-corrected chi connectivity index (χ2v) is 5.64. The molecule has 0 N–H and O–H groups in total. The Bertz CT molecular complexity index is 715. The Morgan fingerprint density at radius 1 is 1.04 bits per heavy atom. The van der Waals surface area contributed by atoms with Crippen molar-refractivity contribution < 1.29 is 19.0 Å². The van der Waals surface area contributed by atoms with E-state index in [-0.39, 0.29) is 5.91 Å². The van der Waals surface area contributed by atoms with Gasteiger partial charge in [0, 0.05) is 12.6 Å². The van der Waals surface area contributed by atoms with Crippen LogP contribution in [0.15, 0.2) is 42.5 Å². The molecule has 0 saturated heterocycles. The van der Waals surface area contributed by atoms with E-state index < -0.39 is 0 Å². The second-order valence-electron chi connectivity index (χ2n) is 5.64. The quantitative estimate of drug-likeness (QED) is 0.735. The number of hydrogen-bond acceptors (Lipinski definition) is 4. The van der Waals surface area contributed by atoms with Crippen LogP contribution in [0.1, 0.15) is 22.8 Å². The van der Waals surface area contributed by atoms with Crippen molar-refractivity contribution in [3.8, 4) is 17.2 Å². The molecule has 0 saturated carbocycles. The number of para-hydroxylation sites is 1. The summed E-state index contributed by atoms with van der Waals surface area (Å²) in [5.41, 5.74) is 1.63. The van der Waals surface area contributed by atoms with Crippen LogP contribution >= 0.6 is 0 Å². The molecule has 2 aromatic rings. The highest BCUT2D eigenvalue weighted by Gasteiger charge is 2.15. The third-order valence-corrected chi connectivity index (χ3v) is 3.83. The molecule has 2 aromatic carbocycles. The van der Waals surface area contributed by atoms with Gasteiger partial charge in [0.1, 0.15) is 12.4 Å². The molecule has 1 amide bonds. The van der Waals surface area contributed by atoms with Crippen LogP contribution in [0.4, 0.5) is 0 Å². The molecule has 0 heterocycles. The number of carbonyl (C=O) groups is 1. The normalized spacial score (nSPS) is 10.2. The number of benzene rings is 2. The highest BCUT2D eigenvalue weighted by molar-refractivity contribution is 5.94. The second kappa shape index (κ2) is 8.97. The summed E-state index contributed by atoms with van der Waals surface area (Å²) in [5.74, 6) is 1.94. The van der Waals surface area contributed by atoms with Crippen LogP contribution in [0.25, 0.3) is 0 Å². The van der Waals surface area contributed by atoms with E-state index in [4.69, 9.17) is 14.2 Å². The summed E-state index contributed by atoms with van der Waals surface area (Å²) < 4.78 is 16.5. The smallest absolute Gasteiger partial charge is 0.253 e. The Hall–Kier alpha value is -2.69. The molecule has 0 atom stereocenters. The van der Waals surface area contributed by atoms with Gasteiger partial charge in [0.2, 0.25) is 0 Å². The monoisotopic (exact) mass is 343 g/mol. The fourth-order valence-corrected chi connectivity index (χ4v) is 2.41. The van der Waals surface area contributed by atoms with Crippen molar-refractivity contribution in [2.45, 2.75) is 13.8 Å². The van der Waals surface area contributed by atoms with Gasteiger partial charge in [-0.1, -0.05) is 18.2 Å². The molecule has 0 aliphatic heterocycles. The number of amides is 1. The minimum absolute atomic E-state index is 0.0861. The number of methoxy groups -OCH3 is 1. The van der Waals surface area contributed by atoms with Crippen LogP contribution in [0, 0.1) is 6.92 Å². The van der Waals surface area contributed by atoms with Crippen LogP contribution in [0.5, 0.6) is 17.2 Å². The standard InChI is InChI=1S/C20H25NO4/c1-5-24-19-14-16(10-11-18(19)23-4)20(22)21(3)12-13-25-17-9-7-6-8-15(17)2/h6-11,14H,5,12-13H2,1-4H3. The van der Waals surface area contributed by atoms with Crippen molar-refractivity contribution in [1.82, 2.24) is 4.90 Å². The molecule has 5 heteroatoms. The van der Waals surface area contributed by atoms with Gasteiger partial charge in [-0.15, -0.1) is 0 Å². The Kier molecular flexibility index (Phi) is 6.69. The Morgan fingerprint density at radius 2 is 1.80 bits per heavy atom. The molecule has 0 unspecified atom stereocenters. The zero-order chi connectivity index (χ0) is 18.2. The third-order valence-electron chi connectivity index (χ3n) is 3.83. The van der Waals surface area contributed by atoms with E-state index in [1.165, 1.54) is 0 Å². The first-order valence-corrected chi connectivity index (χ1v) is 8.31. The summed E-state index contributed by atoms with van der Waals surface area (Å²) in [4.78, 5) is 14.2. The van der Waals surface area contributed by atoms with Crippen LogP contribution in [-0.4, -0.2) is 44.7 Å². The van der Waals surface area contributed by atoms with E-state index in [0.717, 1.165) is 11.3 Å². The van der Waals surface area contributed by atoms with Crippen molar-refractivity contribution in [1.29, 1.82) is 0 Å². The molecule has 0 spiro atoms. The average Bonchev–Trinajstić information content (AvgIpc) is 2.62. The molecule has 0 bridgehead atoms. The SMILES string of the molecule is CCOc1cc(C(=O)N(C)CCOc2ccccc2C)ccc1OC. The number of ether oxygens (including phenoxy) is 3. The van der Waals surface area contributed by atoms with Gasteiger partial charge in [-0.05, 0) is 43.7 Å². The molecule has 2 rings (SSSR count). The van der Waals surface area contributed by atoms with Gasteiger partial charge in [0.25, 0.3) is 5.91 Å². The lowest BCUT2D eigenvalue weighted by atomic mass is 10.1. The van der Waals surface area contributed by atoms with Gasteiger partial charge in [-0.2, -0.15) is 0 Å². The van der Waals surface area contributed by atoms with E-state index in [9.17, 15) is 4.79 Å². The van der Waals surface area contributed by atoms with Gasteiger partial charge in [-0.3, -0.25) is 4.79 Å². The maximum atomic E-state index is 12.6. The van der Waals surface area contributed by atoms with Crippen LogP contribution in [-0.2, 0) is 0 Å². The molecular formula is C20H25NO4. The van der Waals surface area contributed by atoms with Gasteiger partial charge < -0.3 is 19.1 Å². The number of aryl methyl sites for hydroxylation is 1. The first-order chi connectivity index (χ1) is 12.1. The van der Waals surface area contributed by atoms with Crippen LogP contribution < -0.4 is 14.2 Å². The number of likely N-dealkylation sites (N-methyl/N-ethyl adjacent to an activating group) is 1. The first-order valence-electron chi connectivity index (χ1n) is 8.31. The predicted molar refractivity (Wildman–Crippen MR) is 97.8 cm³/mol. The summed E-state index contributed by atoms with van der Waals surface area (Å²) in [7, 11) is 3.34. The summed E-state index contributed by atoms with van der Waals surface area (Å²) in [5, 5.41) is 0. The Labute approximate surface area is 149 Å². The van der Waals surface area contributed by atoms with E-state index in [0.29, 0.717) is 36.8 Å². The minimum atomic E-state index is -0.0861. The molecular weight excluding hydrogens is 318 g/mol. The Balaban J connectivity index is 1.97.